The van der Waals surface area contributed by atoms with Crippen LogP contribution in [-0.2, 0) is 17.9 Å². The van der Waals surface area contributed by atoms with Crippen molar-refractivity contribution in [1.29, 1.82) is 0 Å². The fourth-order valence-corrected chi connectivity index (χ4v) is 6.19. The Morgan fingerprint density at radius 3 is 1.18 bits per heavy atom. The molecule has 0 heterocycles. The molecule has 2 aliphatic rings. The third-order valence-electron chi connectivity index (χ3n) is 9.32. The van der Waals surface area contributed by atoms with Crippen molar-refractivity contribution in [3.05, 3.63) is 132 Å². The van der Waals surface area contributed by atoms with Crippen LogP contribution in [0.2, 0.25) is 20.5 Å². The molecule has 14 heteroatoms. The van der Waals surface area contributed by atoms with Crippen molar-refractivity contribution in [2.24, 2.45) is 11.8 Å². The molecule has 2 saturated carbocycles. The summed E-state index contributed by atoms with van der Waals surface area (Å²) in [5, 5.41) is 35.1. The number of benzene rings is 4. The number of carbonyl (C=O) groups is 2. The van der Waals surface area contributed by atoms with E-state index in [1.165, 1.54) is 73.6 Å². The molecule has 0 saturated heterocycles. The molecule has 11 nitrogen and oxygen atoms in total. The molecule has 0 atom stereocenters. The highest BCUT2D eigenvalue weighted by atomic mass is 16.2. The number of hydrogen-bond donors (Lipinski definition) is 9. The summed E-state index contributed by atoms with van der Waals surface area (Å²) in [4.78, 5) is 20.2. The minimum atomic E-state index is -0.548. The molecule has 2 fully saturated rings. The van der Waals surface area contributed by atoms with Gasteiger partial charge in [-0.3, -0.25) is 37.1 Å². The maximum atomic E-state index is 10.2. The van der Waals surface area contributed by atoms with Crippen LogP contribution >= 0.6 is 0 Å². The number of hydrogen-bond acceptors (Lipinski definition) is 11. The molecule has 0 radical (unpaired) electrons. The van der Waals surface area contributed by atoms with Crippen molar-refractivity contribution in [2.75, 3.05) is 6.54 Å². The van der Waals surface area contributed by atoms with Crippen molar-refractivity contribution >= 4 is 33.7 Å². The van der Waals surface area contributed by atoms with Gasteiger partial charge >= 0.3 is 21.2 Å². The van der Waals surface area contributed by atoms with Gasteiger partial charge in [0.05, 0.1) is 0 Å². The molecule has 9 N–H and O–H groups in total. The van der Waals surface area contributed by atoms with Crippen LogP contribution in [0, 0.1) is 11.8 Å². The smallest absolute Gasteiger partial charge is 0.387 e. The van der Waals surface area contributed by atoms with Crippen LogP contribution in [0.3, 0.4) is 0 Å². The Labute approximate surface area is 417 Å². The highest BCUT2D eigenvalue weighted by molar-refractivity contribution is 6.45. The minimum absolute atomic E-state index is 0.406. The van der Waals surface area contributed by atoms with Gasteiger partial charge in [-0.2, -0.15) is 0 Å². The van der Waals surface area contributed by atoms with Crippen LogP contribution in [0.25, 0.3) is 11.1 Å². The lowest BCUT2D eigenvalue weighted by Crippen LogP contribution is -2.44. The number of aldehydes is 2. The van der Waals surface area contributed by atoms with Gasteiger partial charge in [0.15, 0.2) is 0 Å². The van der Waals surface area contributed by atoms with E-state index >= 15 is 0 Å². The van der Waals surface area contributed by atoms with E-state index in [0.29, 0.717) is 19.0 Å². The lowest BCUT2D eigenvalue weighted by atomic mass is 9.89. The average Bonchev–Trinajstić information content (AvgIpc) is 3.41. The molecular weight excluding hydrogens is 845 g/mol. The first-order valence-electron chi connectivity index (χ1n) is 25.8. The first-order valence-corrected chi connectivity index (χ1v) is 25.8. The van der Waals surface area contributed by atoms with Gasteiger partial charge < -0.3 is 19.9 Å². The van der Waals surface area contributed by atoms with Gasteiger partial charge in [-0.1, -0.05) is 223 Å². The SMILES string of the molecule is CB(O)NNCC1CCCCC1.CB(O)NNCc1ccc(-c2ccccc2)cc1.CB(O)NNCc1ccccc1.CC.CC.CC.CC.CC.O=CC1CCCCC1.O=Cc1ccccc1. The first kappa shape index (κ1) is 70.6. The molecule has 0 aliphatic heterocycles. The van der Waals surface area contributed by atoms with Crippen LogP contribution in [-0.4, -0.2) is 55.3 Å². The van der Waals surface area contributed by atoms with Crippen molar-refractivity contribution < 1.29 is 24.7 Å². The molecule has 4 aromatic rings. The first-order chi connectivity index (χ1) is 33.2. The van der Waals surface area contributed by atoms with E-state index in [1.807, 2.05) is 136 Å². The topological polar surface area (TPSA) is 167 Å². The van der Waals surface area contributed by atoms with Crippen molar-refractivity contribution in [2.45, 2.75) is 167 Å². The summed E-state index contributed by atoms with van der Waals surface area (Å²) >= 11 is 0. The molecule has 0 amide bonds. The van der Waals surface area contributed by atoms with Crippen molar-refractivity contribution in [3.8, 4) is 11.1 Å². The molecule has 382 valence electrons. The molecule has 6 rings (SSSR count). The third-order valence-corrected chi connectivity index (χ3v) is 9.32. The van der Waals surface area contributed by atoms with Gasteiger partial charge in [-0.15, -0.1) is 0 Å². The maximum Gasteiger partial charge on any atom is 0.387 e. The van der Waals surface area contributed by atoms with Crippen LogP contribution in [0.1, 0.15) is 155 Å². The van der Waals surface area contributed by atoms with Gasteiger partial charge in [-0.05, 0) is 74.3 Å². The summed E-state index contributed by atoms with van der Waals surface area (Å²) in [7, 11) is -1.52. The van der Waals surface area contributed by atoms with Gasteiger partial charge in [0, 0.05) is 31.1 Å². The summed E-state index contributed by atoms with van der Waals surface area (Å²) < 4.78 is 0. The van der Waals surface area contributed by atoms with Gasteiger partial charge in [0.2, 0.25) is 0 Å². The molecule has 0 spiro atoms. The molecular formula is C54H97B3N6O5. The Morgan fingerprint density at radius 2 is 0.809 bits per heavy atom. The second kappa shape index (κ2) is 55.6. The summed E-state index contributed by atoms with van der Waals surface area (Å²) in [6.07, 6.45) is 14.9. The molecule has 2 aliphatic carbocycles. The fraction of sp³-hybridized carbons (Fsp3) is 0.519. The van der Waals surface area contributed by atoms with E-state index in [1.54, 1.807) is 32.6 Å². The van der Waals surface area contributed by atoms with Gasteiger partial charge in [-0.25, -0.2) is 0 Å². The monoisotopic (exact) mass is 943 g/mol. The Morgan fingerprint density at radius 1 is 0.456 bits per heavy atom. The molecule has 4 aromatic carbocycles. The Hall–Kier alpha value is -3.95. The Bertz CT molecular complexity index is 1550. The number of hydrazine groups is 3. The van der Waals surface area contributed by atoms with E-state index in [2.05, 4.69) is 68.7 Å². The number of carbonyl (C=O) groups excluding carboxylic acids is 2. The zero-order valence-corrected chi connectivity index (χ0v) is 44.9. The summed E-state index contributed by atoms with van der Waals surface area (Å²) in [6, 6.07) is 37.8. The zero-order valence-electron chi connectivity index (χ0n) is 44.9. The van der Waals surface area contributed by atoms with Gasteiger partial charge in [0.1, 0.15) is 12.6 Å². The van der Waals surface area contributed by atoms with E-state index in [4.69, 9.17) is 15.1 Å². The second-order valence-electron chi connectivity index (χ2n) is 14.7. The standard InChI is InChI=1S/C14H17BN2O.C8H19BN2O.C8H13BN2O.C7H12O.C7H6O.5C2H6/c1-15(18)17-16-11-12-7-9-14(10-8-12)13-5-3-2-4-6-13;2*1-9(12)11-10-7-8-5-3-2-4-6-8;2*8-6-7-4-2-1-3-5-7;5*1-2/h2-10,16-18H,11H2,1H3;8,10-12H,2-7H2,1H3;2-6,10-12H,7H2,1H3;6-7H,1-5H2;1-6H;5*1-2H3. The van der Waals surface area contributed by atoms with E-state index < -0.39 is 21.2 Å². The number of nitrogens with one attached hydrogen (secondary N) is 6. The predicted molar refractivity (Wildman–Crippen MR) is 299 cm³/mol. The lowest BCUT2D eigenvalue weighted by Gasteiger charge is -2.22. The molecule has 0 unspecified atom stereocenters. The third kappa shape index (κ3) is 44.6. The maximum absolute atomic E-state index is 10.2. The Kier molecular flexibility index (Phi) is 57.8. The van der Waals surface area contributed by atoms with Crippen molar-refractivity contribution in [3.63, 3.8) is 0 Å². The lowest BCUT2D eigenvalue weighted by molar-refractivity contribution is -0.111. The van der Waals surface area contributed by atoms with Crippen LogP contribution in [0.4, 0.5) is 0 Å². The summed E-state index contributed by atoms with van der Waals surface area (Å²) in [5.41, 5.74) is 14.4. The minimum Gasteiger partial charge on any atom is -0.437 e. The quantitative estimate of drug-likeness (QED) is 0.0316. The number of rotatable bonds is 15. The van der Waals surface area contributed by atoms with Gasteiger partial charge in [0.25, 0.3) is 0 Å². The van der Waals surface area contributed by atoms with E-state index in [-0.39, 0.29) is 0 Å². The highest BCUT2D eigenvalue weighted by Gasteiger charge is 2.13. The fourth-order valence-electron chi connectivity index (χ4n) is 6.19. The molecule has 0 bridgehead atoms. The van der Waals surface area contributed by atoms with E-state index in [0.717, 1.165) is 43.4 Å². The van der Waals surface area contributed by atoms with Crippen LogP contribution in [0.15, 0.2) is 115 Å². The summed E-state index contributed by atoms with van der Waals surface area (Å²) in [5.74, 6) is 1.22. The predicted octanol–water partition coefficient (Wildman–Crippen LogP) is 11.6. The van der Waals surface area contributed by atoms with Crippen LogP contribution < -0.4 is 32.3 Å². The normalized spacial score (nSPS) is 12.1. The molecule has 0 aromatic heterocycles. The van der Waals surface area contributed by atoms with E-state index in [9.17, 15) is 9.59 Å². The second-order valence-corrected chi connectivity index (χ2v) is 14.7. The Balaban J connectivity index is -0.000000368. The highest BCUT2D eigenvalue weighted by Crippen LogP contribution is 2.23. The van der Waals surface area contributed by atoms with Crippen molar-refractivity contribution in [1.82, 2.24) is 32.3 Å². The molecule has 68 heavy (non-hydrogen) atoms. The largest absolute Gasteiger partial charge is 0.437 e. The van der Waals surface area contributed by atoms with Crippen LogP contribution in [0.5, 0.6) is 0 Å². The zero-order chi connectivity index (χ0) is 52.1. The average molecular weight is 943 g/mol. The summed E-state index contributed by atoms with van der Waals surface area (Å²) in [6.45, 7) is 27.4.